The van der Waals surface area contributed by atoms with Gasteiger partial charge in [0, 0.05) is 24.7 Å². The summed E-state index contributed by atoms with van der Waals surface area (Å²) in [4.78, 5) is 14.2. The van der Waals surface area contributed by atoms with Crippen LogP contribution in [0, 0.1) is 11.8 Å². The van der Waals surface area contributed by atoms with Gasteiger partial charge in [0.05, 0.1) is 12.1 Å². The molecule has 1 heterocycles. The normalized spacial score (nSPS) is 17.7. The molecule has 1 aliphatic rings. The summed E-state index contributed by atoms with van der Waals surface area (Å²) in [6.45, 7) is 4.99. The fourth-order valence-electron chi connectivity index (χ4n) is 3.08. The first-order valence-electron chi connectivity index (χ1n) is 9.28. The zero-order valence-corrected chi connectivity index (χ0v) is 15.5. The van der Waals surface area contributed by atoms with Crippen LogP contribution in [-0.2, 0) is 6.18 Å². The van der Waals surface area contributed by atoms with Crippen molar-refractivity contribution in [1.29, 1.82) is 0 Å². The van der Waals surface area contributed by atoms with Crippen LogP contribution in [0.5, 0.6) is 0 Å². The van der Waals surface area contributed by atoms with E-state index in [1.165, 1.54) is 31.4 Å². The lowest BCUT2D eigenvalue weighted by atomic mass is 10.0. The van der Waals surface area contributed by atoms with E-state index >= 15 is 0 Å². The molecule has 0 radical (unpaired) electrons. The van der Waals surface area contributed by atoms with Crippen LogP contribution in [0.2, 0.25) is 0 Å². The van der Waals surface area contributed by atoms with Crippen molar-refractivity contribution in [3.63, 3.8) is 0 Å². The van der Waals surface area contributed by atoms with Gasteiger partial charge in [-0.1, -0.05) is 24.3 Å². The topological polar surface area (TPSA) is 44.4 Å². The molecule has 0 bridgehead atoms. The molecule has 1 fully saturated rings. The third-order valence-corrected chi connectivity index (χ3v) is 4.61. The number of urea groups is 1. The number of nitrogens with one attached hydrogen (secondary N) is 2. The molecule has 0 saturated carbocycles. The number of hydrogen-bond donors (Lipinski definition) is 2. The summed E-state index contributed by atoms with van der Waals surface area (Å²) in [5.41, 5.74) is -0.467. The molecule has 0 aliphatic carbocycles. The molecule has 0 spiro atoms. The Morgan fingerprint density at radius 1 is 1.30 bits per heavy atom. The lowest BCUT2D eigenvalue weighted by Gasteiger charge is -2.33. The Bertz CT molecular complexity index is 679. The van der Waals surface area contributed by atoms with Crippen LogP contribution in [0.3, 0.4) is 0 Å². The maximum atomic E-state index is 12.6. The number of carbonyl (C=O) groups is 1. The number of hydrogen-bond acceptors (Lipinski definition) is 2. The quantitative estimate of drug-likeness (QED) is 0.604. The minimum atomic E-state index is -4.39. The first-order chi connectivity index (χ1) is 12.9. The Morgan fingerprint density at radius 3 is 2.85 bits per heavy atom. The van der Waals surface area contributed by atoms with Crippen molar-refractivity contribution in [2.24, 2.45) is 0 Å². The highest BCUT2D eigenvalue weighted by molar-refractivity contribution is 5.74. The lowest BCUT2D eigenvalue weighted by Crippen LogP contribution is -2.40. The molecule has 1 aromatic rings. The van der Waals surface area contributed by atoms with Gasteiger partial charge in [-0.25, -0.2) is 4.79 Å². The summed E-state index contributed by atoms with van der Waals surface area (Å²) in [5.74, 6) is 5.29. The summed E-state index contributed by atoms with van der Waals surface area (Å²) in [5, 5.41) is 5.36. The van der Waals surface area contributed by atoms with Gasteiger partial charge in [0.25, 0.3) is 0 Å². The van der Waals surface area contributed by atoms with E-state index in [1.807, 2.05) is 0 Å². The smallest absolute Gasteiger partial charge is 0.338 e. The number of likely N-dealkylation sites (tertiary alicyclic amines) is 1. The van der Waals surface area contributed by atoms with Crippen molar-refractivity contribution in [2.45, 2.75) is 44.8 Å². The van der Waals surface area contributed by atoms with Crippen LogP contribution in [0.4, 0.5) is 18.0 Å². The Balaban J connectivity index is 1.64. The number of carbonyl (C=O) groups excluding carboxylic acids is 1. The van der Waals surface area contributed by atoms with E-state index in [4.69, 9.17) is 0 Å². The van der Waals surface area contributed by atoms with E-state index < -0.39 is 11.7 Å². The lowest BCUT2D eigenvalue weighted by molar-refractivity contribution is -0.137. The molecule has 2 amide bonds. The Kier molecular flexibility index (Phi) is 7.99. The average Bonchev–Trinajstić information content (AvgIpc) is 2.63. The highest BCUT2D eigenvalue weighted by Gasteiger charge is 2.30. The number of piperidine rings is 1. The molecule has 1 unspecified atom stereocenters. The second-order valence-corrected chi connectivity index (χ2v) is 6.72. The predicted octanol–water partition coefficient (Wildman–Crippen LogP) is 3.62. The molecule has 1 saturated heterocycles. The third-order valence-electron chi connectivity index (χ3n) is 4.61. The van der Waals surface area contributed by atoms with Gasteiger partial charge in [-0.2, -0.15) is 13.2 Å². The summed E-state index contributed by atoms with van der Waals surface area (Å²) in [6, 6.07) is 5.11. The second kappa shape index (κ2) is 10.2. The first-order valence-corrected chi connectivity index (χ1v) is 9.28. The van der Waals surface area contributed by atoms with Gasteiger partial charge in [0.1, 0.15) is 0 Å². The van der Waals surface area contributed by atoms with Crippen LogP contribution in [0.1, 0.15) is 43.7 Å². The largest absolute Gasteiger partial charge is 0.416 e. The van der Waals surface area contributed by atoms with Crippen molar-refractivity contribution in [1.82, 2.24) is 15.5 Å². The van der Waals surface area contributed by atoms with Gasteiger partial charge in [-0.15, -0.1) is 0 Å². The molecule has 1 atom stereocenters. The summed E-state index contributed by atoms with van der Waals surface area (Å²) >= 11 is 0. The Hall–Kier alpha value is -2.20. The minimum Gasteiger partial charge on any atom is -0.338 e. The van der Waals surface area contributed by atoms with Crippen LogP contribution >= 0.6 is 0 Å². The van der Waals surface area contributed by atoms with Crippen molar-refractivity contribution < 1.29 is 18.0 Å². The van der Waals surface area contributed by atoms with Crippen LogP contribution < -0.4 is 10.6 Å². The third kappa shape index (κ3) is 7.51. The molecular formula is C20H26F3N3O. The predicted molar refractivity (Wildman–Crippen MR) is 99.2 cm³/mol. The van der Waals surface area contributed by atoms with Crippen molar-refractivity contribution >= 4 is 6.03 Å². The highest BCUT2D eigenvalue weighted by atomic mass is 19.4. The summed E-state index contributed by atoms with van der Waals surface area (Å²) in [6.07, 6.45) is 0.261. The van der Waals surface area contributed by atoms with Crippen molar-refractivity contribution in [3.05, 3.63) is 35.4 Å². The molecule has 7 heteroatoms. The molecule has 1 aliphatic heterocycles. The van der Waals surface area contributed by atoms with Crippen LogP contribution in [0.25, 0.3) is 0 Å². The monoisotopic (exact) mass is 381 g/mol. The van der Waals surface area contributed by atoms with Gasteiger partial charge in [0.2, 0.25) is 0 Å². The molecule has 2 rings (SSSR count). The molecule has 2 N–H and O–H groups in total. The van der Waals surface area contributed by atoms with Gasteiger partial charge < -0.3 is 15.5 Å². The van der Waals surface area contributed by atoms with E-state index in [9.17, 15) is 18.0 Å². The first kappa shape index (κ1) is 21.1. The zero-order valence-electron chi connectivity index (χ0n) is 15.5. The van der Waals surface area contributed by atoms with Gasteiger partial charge in [-0.3, -0.25) is 0 Å². The standard InChI is InChI=1S/C20H26F3N3O/c1-16-7-2-3-13-26(16)14-6-12-25-19(27)24-11-5-9-17-8-4-10-18(15-17)20(21,22)23/h4,8,10,15-16H,2-3,6-7,11-14H2,1H3,(H2,24,25,27). The molecule has 4 nitrogen and oxygen atoms in total. The average molecular weight is 381 g/mol. The van der Waals surface area contributed by atoms with Crippen LogP contribution in [-0.4, -0.2) is 43.2 Å². The van der Waals surface area contributed by atoms with E-state index in [1.54, 1.807) is 0 Å². The minimum absolute atomic E-state index is 0.0746. The van der Waals surface area contributed by atoms with Gasteiger partial charge in [-0.05, 0) is 50.9 Å². The number of nitrogens with zero attached hydrogens (tertiary/aromatic N) is 1. The van der Waals surface area contributed by atoms with Gasteiger partial charge >= 0.3 is 12.2 Å². The summed E-state index contributed by atoms with van der Waals surface area (Å²) in [7, 11) is 0. The Labute approximate surface area is 158 Å². The molecule has 148 valence electrons. The SMILES string of the molecule is CC1CCCCN1CCCNC(=O)NCC#Cc1cccc(C(F)(F)F)c1. The highest BCUT2D eigenvalue weighted by Crippen LogP contribution is 2.29. The van der Waals surface area contributed by atoms with E-state index in [2.05, 4.69) is 34.3 Å². The van der Waals surface area contributed by atoms with Crippen molar-refractivity contribution in [2.75, 3.05) is 26.2 Å². The van der Waals surface area contributed by atoms with E-state index in [-0.39, 0.29) is 18.1 Å². The van der Waals surface area contributed by atoms with E-state index in [0.717, 1.165) is 31.6 Å². The summed E-state index contributed by atoms with van der Waals surface area (Å²) < 4.78 is 37.9. The Morgan fingerprint density at radius 2 is 2.11 bits per heavy atom. The number of rotatable bonds is 5. The number of alkyl halides is 3. The molecule has 1 aromatic carbocycles. The van der Waals surface area contributed by atoms with Crippen LogP contribution in [0.15, 0.2) is 24.3 Å². The second-order valence-electron chi connectivity index (χ2n) is 6.72. The maximum absolute atomic E-state index is 12.6. The fourth-order valence-corrected chi connectivity index (χ4v) is 3.08. The number of halogens is 3. The number of amides is 2. The van der Waals surface area contributed by atoms with Gasteiger partial charge in [0.15, 0.2) is 0 Å². The van der Waals surface area contributed by atoms with Crippen molar-refractivity contribution in [3.8, 4) is 11.8 Å². The molecule has 0 aromatic heterocycles. The maximum Gasteiger partial charge on any atom is 0.416 e. The molecule has 27 heavy (non-hydrogen) atoms. The van der Waals surface area contributed by atoms with E-state index in [0.29, 0.717) is 12.6 Å². The molecular weight excluding hydrogens is 355 g/mol. The fraction of sp³-hybridized carbons (Fsp3) is 0.550. The number of benzene rings is 1. The zero-order chi connectivity index (χ0) is 19.7.